The molecule has 1 fully saturated rings. The third kappa shape index (κ3) is 3.76. The molecule has 0 atom stereocenters. The Labute approximate surface area is 149 Å². The summed E-state index contributed by atoms with van der Waals surface area (Å²) in [5.74, 6) is -0.725. The fraction of sp³-hybridized carbons (Fsp3) is 0.588. The number of alkyl halides is 3. The lowest BCUT2D eigenvalue weighted by Gasteiger charge is -2.41. The fourth-order valence-electron chi connectivity index (χ4n) is 3.61. The minimum atomic E-state index is -4.47. The Kier molecular flexibility index (Phi) is 5.06. The van der Waals surface area contributed by atoms with E-state index >= 15 is 0 Å². The lowest BCUT2D eigenvalue weighted by Crippen LogP contribution is -2.56. The first-order valence-electron chi connectivity index (χ1n) is 8.64. The first-order chi connectivity index (χ1) is 12.3. The minimum absolute atomic E-state index is 0.0302. The molecule has 0 spiro atoms. The van der Waals surface area contributed by atoms with Gasteiger partial charge in [-0.15, -0.1) is 0 Å². The number of hydrogen-bond acceptors (Lipinski definition) is 3. The molecule has 0 bridgehead atoms. The van der Waals surface area contributed by atoms with Crippen LogP contribution >= 0.6 is 0 Å². The van der Waals surface area contributed by atoms with Gasteiger partial charge in [-0.05, 0) is 32.1 Å². The number of hydrogen-bond donors (Lipinski definition) is 1. The molecule has 1 N–H and O–H groups in total. The number of rotatable bonds is 4. The van der Waals surface area contributed by atoms with Crippen molar-refractivity contribution in [1.29, 1.82) is 0 Å². The summed E-state index contributed by atoms with van der Waals surface area (Å²) in [5, 5.41) is 1.99. The number of amides is 2. The topological polar surface area (TPSA) is 67.2 Å². The van der Waals surface area contributed by atoms with Crippen molar-refractivity contribution in [1.82, 2.24) is 19.8 Å². The predicted molar refractivity (Wildman–Crippen MR) is 87.0 cm³/mol. The van der Waals surface area contributed by atoms with E-state index in [1.54, 1.807) is 15.7 Å². The van der Waals surface area contributed by atoms with Gasteiger partial charge in [0.1, 0.15) is 12.1 Å². The first-order valence-corrected chi connectivity index (χ1v) is 8.64. The van der Waals surface area contributed by atoms with Crippen LogP contribution in [0.4, 0.5) is 13.2 Å². The second-order valence-electron chi connectivity index (χ2n) is 6.71. The fourth-order valence-corrected chi connectivity index (χ4v) is 3.61. The van der Waals surface area contributed by atoms with Gasteiger partial charge in [0.2, 0.25) is 11.8 Å². The predicted octanol–water partition coefficient (Wildman–Crippen LogP) is 1.99. The molecule has 1 saturated heterocycles. The lowest BCUT2D eigenvalue weighted by molar-refractivity contribution is -0.147. The molecule has 1 aromatic rings. The van der Waals surface area contributed by atoms with E-state index in [4.69, 9.17) is 0 Å². The van der Waals surface area contributed by atoms with Gasteiger partial charge in [-0.25, -0.2) is 4.98 Å². The monoisotopic (exact) mass is 370 g/mol. The summed E-state index contributed by atoms with van der Waals surface area (Å²) in [6.45, 7) is -0.751. The molecule has 142 valence electrons. The van der Waals surface area contributed by atoms with E-state index in [-0.39, 0.29) is 18.7 Å². The normalized spacial score (nSPS) is 20.0. The van der Waals surface area contributed by atoms with Crippen molar-refractivity contribution in [2.24, 2.45) is 0 Å². The van der Waals surface area contributed by atoms with Gasteiger partial charge < -0.3 is 14.8 Å². The maximum Gasteiger partial charge on any atom is 0.405 e. The van der Waals surface area contributed by atoms with Gasteiger partial charge in [0, 0.05) is 31.1 Å². The summed E-state index contributed by atoms with van der Waals surface area (Å²) in [5.41, 5.74) is -0.371. The Morgan fingerprint density at radius 2 is 2.00 bits per heavy atom. The molecule has 0 radical (unpaired) electrons. The quantitative estimate of drug-likeness (QED) is 0.882. The molecule has 0 saturated carbocycles. The molecular weight excluding hydrogens is 349 g/mol. The van der Waals surface area contributed by atoms with Crippen LogP contribution in [0.25, 0.3) is 0 Å². The summed E-state index contributed by atoms with van der Waals surface area (Å²) in [4.78, 5) is 30.7. The van der Waals surface area contributed by atoms with E-state index in [9.17, 15) is 22.8 Å². The second kappa shape index (κ2) is 7.13. The largest absolute Gasteiger partial charge is 0.405 e. The van der Waals surface area contributed by atoms with Crippen molar-refractivity contribution in [3.63, 3.8) is 0 Å². The van der Waals surface area contributed by atoms with E-state index in [1.807, 2.05) is 11.4 Å². The Bertz CT molecular complexity index is 689. The SMILES string of the molecule is O=C(C1=CCCC1)N1CCC(C(=O)NCC(F)(F)F)(n2ccnc2)CC1. The highest BCUT2D eigenvalue weighted by Crippen LogP contribution is 2.32. The molecule has 1 aliphatic heterocycles. The van der Waals surface area contributed by atoms with Crippen molar-refractivity contribution in [3.05, 3.63) is 30.4 Å². The number of nitrogens with one attached hydrogen (secondary N) is 1. The summed E-state index contributed by atoms with van der Waals surface area (Å²) >= 11 is 0. The van der Waals surface area contributed by atoms with Crippen LogP contribution in [0.5, 0.6) is 0 Å². The van der Waals surface area contributed by atoms with Gasteiger partial charge in [-0.1, -0.05) is 6.08 Å². The van der Waals surface area contributed by atoms with E-state index in [2.05, 4.69) is 4.98 Å². The van der Waals surface area contributed by atoms with Crippen molar-refractivity contribution >= 4 is 11.8 Å². The molecule has 2 amide bonds. The van der Waals surface area contributed by atoms with Crippen LogP contribution in [-0.4, -0.2) is 52.1 Å². The van der Waals surface area contributed by atoms with Crippen molar-refractivity contribution in [2.75, 3.05) is 19.6 Å². The summed E-state index contributed by atoms with van der Waals surface area (Å²) < 4.78 is 39.0. The Morgan fingerprint density at radius 3 is 2.54 bits per heavy atom. The summed E-state index contributed by atoms with van der Waals surface area (Å²) in [7, 11) is 0. The van der Waals surface area contributed by atoms with Crippen molar-refractivity contribution < 1.29 is 22.8 Å². The number of carbonyl (C=O) groups excluding carboxylic acids is 2. The Balaban J connectivity index is 1.73. The van der Waals surface area contributed by atoms with E-state index in [1.165, 1.54) is 12.5 Å². The number of imidazole rings is 1. The number of aromatic nitrogens is 2. The van der Waals surface area contributed by atoms with E-state index in [0.717, 1.165) is 24.8 Å². The number of likely N-dealkylation sites (tertiary alicyclic amines) is 1. The number of nitrogens with zero attached hydrogens (tertiary/aromatic N) is 3. The highest BCUT2D eigenvalue weighted by molar-refractivity contribution is 5.94. The number of allylic oxidation sites excluding steroid dienone is 1. The smallest absolute Gasteiger partial charge is 0.345 e. The molecule has 3 rings (SSSR count). The molecule has 1 aromatic heterocycles. The Morgan fingerprint density at radius 1 is 1.27 bits per heavy atom. The van der Waals surface area contributed by atoms with Gasteiger partial charge in [0.15, 0.2) is 0 Å². The van der Waals surface area contributed by atoms with Crippen molar-refractivity contribution in [3.8, 4) is 0 Å². The standard InChI is InChI=1S/C17H21F3N4O2/c18-17(19,20)11-22-15(26)16(24-10-7-21-12-24)5-8-23(9-6-16)14(25)13-3-1-2-4-13/h3,7,10,12H,1-2,4-6,8-9,11H2,(H,22,26). The van der Waals surface area contributed by atoms with Crippen LogP contribution < -0.4 is 5.32 Å². The maximum atomic E-state index is 12.6. The molecule has 26 heavy (non-hydrogen) atoms. The van der Waals surface area contributed by atoms with Gasteiger partial charge in [-0.3, -0.25) is 9.59 Å². The van der Waals surface area contributed by atoms with Crippen LogP contribution in [0.15, 0.2) is 30.4 Å². The average molecular weight is 370 g/mol. The molecule has 9 heteroatoms. The van der Waals surface area contributed by atoms with Crippen LogP contribution in [0, 0.1) is 0 Å². The third-order valence-electron chi connectivity index (χ3n) is 5.06. The van der Waals surface area contributed by atoms with Crippen LogP contribution in [0.3, 0.4) is 0 Å². The molecule has 1 aliphatic carbocycles. The average Bonchev–Trinajstić information content (AvgIpc) is 3.31. The molecule has 6 nitrogen and oxygen atoms in total. The Hall–Kier alpha value is -2.32. The number of piperidine rings is 1. The van der Waals surface area contributed by atoms with E-state index < -0.39 is 24.2 Å². The minimum Gasteiger partial charge on any atom is -0.345 e. The lowest BCUT2D eigenvalue weighted by atomic mass is 9.85. The van der Waals surface area contributed by atoms with Crippen LogP contribution in [0.1, 0.15) is 32.1 Å². The zero-order valence-electron chi connectivity index (χ0n) is 14.3. The summed E-state index contributed by atoms with van der Waals surface area (Å²) in [6.07, 6.45) is 5.06. The zero-order chi connectivity index (χ0) is 18.8. The molecular formula is C17H21F3N4O2. The highest BCUT2D eigenvalue weighted by atomic mass is 19.4. The number of carbonyl (C=O) groups is 2. The van der Waals surface area contributed by atoms with E-state index in [0.29, 0.717) is 13.1 Å². The van der Waals surface area contributed by atoms with Crippen molar-refractivity contribution in [2.45, 2.75) is 43.8 Å². The second-order valence-corrected chi connectivity index (χ2v) is 6.71. The molecule has 2 heterocycles. The van der Waals surface area contributed by atoms with Gasteiger partial charge in [0.25, 0.3) is 0 Å². The van der Waals surface area contributed by atoms with Gasteiger partial charge >= 0.3 is 6.18 Å². The molecule has 2 aliphatic rings. The molecule has 0 aromatic carbocycles. The first kappa shape index (κ1) is 18.5. The number of halogens is 3. The molecule has 0 unspecified atom stereocenters. The zero-order valence-corrected chi connectivity index (χ0v) is 14.3. The highest BCUT2D eigenvalue weighted by Gasteiger charge is 2.45. The van der Waals surface area contributed by atoms with Gasteiger partial charge in [-0.2, -0.15) is 13.2 Å². The maximum absolute atomic E-state index is 12.6. The van der Waals surface area contributed by atoms with Gasteiger partial charge in [0.05, 0.1) is 6.33 Å². The third-order valence-corrected chi connectivity index (χ3v) is 5.06. The van der Waals surface area contributed by atoms with Crippen LogP contribution in [0.2, 0.25) is 0 Å². The summed E-state index contributed by atoms with van der Waals surface area (Å²) in [6, 6.07) is 0. The van der Waals surface area contributed by atoms with Crippen LogP contribution in [-0.2, 0) is 15.1 Å².